The molecule has 1 heterocycles. The lowest BCUT2D eigenvalue weighted by Crippen LogP contribution is -2.40. The Labute approximate surface area is 117 Å². The van der Waals surface area contributed by atoms with Crippen molar-refractivity contribution in [1.82, 2.24) is 4.90 Å². The Hall–Kier alpha value is -2.49. The topological polar surface area (TPSA) is 52.6 Å². The summed E-state index contributed by atoms with van der Waals surface area (Å²) < 4.78 is 0. The number of phenols is 1. The Balaban J connectivity index is 2.07. The molecule has 0 saturated heterocycles. The maximum Gasteiger partial charge on any atom is 0.257 e. The Morgan fingerprint density at radius 2 is 1.95 bits per heavy atom. The summed E-state index contributed by atoms with van der Waals surface area (Å²) in [7, 11) is 1.76. The first-order valence-corrected chi connectivity index (χ1v) is 6.50. The molecule has 2 N–H and O–H groups in total. The number of benzene rings is 2. The Bertz CT molecular complexity index is 682. The number of nitrogens with one attached hydrogen (secondary N) is 1. The van der Waals surface area contributed by atoms with Crippen molar-refractivity contribution in [2.24, 2.45) is 0 Å². The van der Waals surface area contributed by atoms with Crippen LogP contribution in [-0.2, 0) is 0 Å². The van der Waals surface area contributed by atoms with Gasteiger partial charge in [-0.05, 0) is 36.2 Å². The van der Waals surface area contributed by atoms with Crippen LogP contribution in [-0.4, -0.2) is 23.0 Å². The monoisotopic (exact) mass is 268 g/mol. The fourth-order valence-corrected chi connectivity index (χ4v) is 2.61. The number of carbonyl (C=O) groups excluding carboxylic acids is 1. The molecule has 1 amide bonds. The number of anilines is 1. The van der Waals surface area contributed by atoms with Gasteiger partial charge in [0.25, 0.3) is 5.91 Å². The molecule has 1 aliphatic rings. The number of hydrogen-bond donors (Lipinski definition) is 2. The van der Waals surface area contributed by atoms with E-state index in [2.05, 4.69) is 5.32 Å². The van der Waals surface area contributed by atoms with Gasteiger partial charge >= 0.3 is 0 Å². The second-order valence-corrected chi connectivity index (χ2v) is 5.06. The summed E-state index contributed by atoms with van der Waals surface area (Å²) in [6.45, 7) is 1.93. The van der Waals surface area contributed by atoms with Crippen molar-refractivity contribution in [3.05, 3.63) is 59.2 Å². The average molecular weight is 268 g/mol. The van der Waals surface area contributed by atoms with E-state index < -0.39 is 0 Å². The third-order valence-corrected chi connectivity index (χ3v) is 3.67. The Morgan fingerprint density at radius 3 is 2.70 bits per heavy atom. The van der Waals surface area contributed by atoms with Crippen LogP contribution in [0, 0.1) is 6.92 Å². The van der Waals surface area contributed by atoms with Crippen molar-refractivity contribution in [1.29, 1.82) is 0 Å². The minimum Gasteiger partial charge on any atom is -0.508 e. The van der Waals surface area contributed by atoms with E-state index in [1.54, 1.807) is 30.1 Å². The number of fused-ring (bicyclic) bond motifs is 1. The second kappa shape index (κ2) is 4.56. The number of nitrogens with zero attached hydrogens (tertiary/aromatic N) is 1. The molecule has 1 atom stereocenters. The van der Waals surface area contributed by atoms with Gasteiger partial charge in [0.1, 0.15) is 11.9 Å². The van der Waals surface area contributed by atoms with Crippen molar-refractivity contribution in [2.75, 3.05) is 12.4 Å². The smallest absolute Gasteiger partial charge is 0.257 e. The van der Waals surface area contributed by atoms with E-state index in [-0.39, 0.29) is 17.8 Å². The zero-order chi connectivity index (χ0) is 14.3. The lowest BCUT2D eigenvalue weighted by molar-refractivity contribution is 0.0734. The molecule has 102 valence electrons. The highest BCUT2D eigenvalue weighted by Crippen LogP contribution is 2.34. The third-order valence-electron chi connectivity index (χ3n) is 3.67. The molecule has 2 aromatic rings. The third kappa shape index (κ3) is 1.90. The van der Waals surface area contributed by atoms with Crippen molar-refractivity contribution in [3.8, 4) is 5.75 Å². The molecule has 0 aromatic heterocycles. The van der Waals surface area contributed by atoms with E-state index in [4.69, 9.17) is 0 Å². The highest BCUT2D eigenvalue weighted by Gasteiger charge is 2.31. The van der Waals surface area contributed by atoms with E-state index in [1.807, 2.05) is 31.2 Å². The fourth-order valence-electron chi connectivity index (χ4n) is 2.61. The van der Waals surface area contributed by atoms with Gasteiger partial charge in [-0.25, -0.2) is 0 Å². The number of amides is 1. The maximum atomic E-state index is 12.5. The lowest BCUT2D eigenvalue weighted by atomic mass is 10.00. The summed E-state index contributed by atoms with van der Waals surface area (Å²) in [6, 6.07) is 12.7. The van der Waals surface area contributed by atoms with E-state index in [0.29, 0.717) is 5.56 Å². The summed E-state index contributed by atoms with van der Waals surface area (Å²) in [5.41, 5.74) is 3.36. The quantitative estimate of drug-likeness (QED) is 0.836. The largest absolute Gasteiger partial charge is 0.508 e. The van der Waals surface area contributed by atoms with E-state index in [0.717, 1.165) is 16.8 Å². The van der Waals surface area contributed by atoms with Crippen LogP contribution < -0.4 is 5.32 Å². The second-order valence-electron chi connectivity index (χ2n) is 5.06. The molecule has 0 radical (unpaired) electrons. The minimum absolute atomic E-state index is 0.00908. The van der Waals surface area contributed by atoms with Crippen LogP contribution in [0.5, 0.6) is 5.75 Å². The standard InChI is InChI=1S/C16H16N2O2/c1-10-5-3-8-13-14(10)16(20)18(2)15(17-13)11-6-4-7-12(19)9-11/h3-9,15,17,19H,1-2H3/t15-/m0/s1. The molecule has 0 unspecified atom stereocenters. The van der Waals surface area contributed by atoms with E-state index >= 15 is 0 Å². The van der Waals surface area contributed by atoms with Crippen molar-refractivity contribution >= 4 is 11.6 Å². The van der Waals surface area contributed by atoms with Crippen LogP contribution in [0.25, 0.3) is 0 Å². The molecule has 0 saturated carbocycles. The van der Waals surface area contributed by atoms with Crippen LogP contribution >= 0.6 is 0 Å². The zero-order valence-corrected chi connectivity index (χ0v) is 11.4. The first-order valence-electron chi connectivity index (χ1n) is 6.50. The first kappa shape index (κ1) is 12.5. The summed E-state index contributed by atoms with van der Waals surface area (Å²) >= 11 is 0. The molecule has 4 nitrogen and oxygen atoms in total. The van der Waals surface area contributed by atoms with Gasteiger partial charge in [0, 0.05) is 12.7 Å². The van der Waals surface area contributed by atoms with Gasteiger partial charge in [0.15, 0.2) is 0 Å². The number of aromatic hydroxyl groups is 1. The minimum atomic E-state index is -0.274. The van der Waals surface area contributed by atoms with E-state index in [9.17, 15) is 9.90 Å². The van der Waals surface area contributed by atoms with Crippen molar-refractivity contribution in [3.63, 3.8) is 0 Å². The zero-order valence-electron chi connectivity index (χ0n) is 11.4. The number of rotatable bonds is 1. The van der Waals surface area contributed by atoms with Crippen LogP contribution in [0.4, 0.5) is 5.69 Å². The van der Waals surface area contributed by atoms with Gasteiger partial charge < -0.3 is 15.3 Å². The molecule has 3 rings (SSSR count). The predicted molar refractivity (Wildman–Crippen MR) is 77.7 cm³/mol. The Kier molecular flexibility index (Phi) is 2.86. The molecule has 2 aromatic carbocycles. The van der Waals surface area contributed by atoms with Crippen LogP contribution in [0.2, 0.25) is 0 Å². The molecule has 0 fully saturated rings. The van der Waals surface area contributed by atoms with Crippen LogP contribution in [0.3, 0.4) is 0 Å². The van der Waals surface area contributed by atoms with Gasteiger partial charge in [-0.1, -0.05) is 24.3 Å². The SMILES string of the molecule is Cc1cccc2c1C(=O)N(C)[C@@H](c1cccc(O)c1)N2. The number of carbonyl (C=O) groups is 1. The van der Waals surface area contributed by atoms with Crippen LogP contribution in [0.1, 0.15) is 27.7 Å². The maximum absolute atomic E-state index is 12.5. The van der Waals surface area contributed by atoms with Gasteiger partial charge in [-0.15, -0.1) is 0 Å². The number of hydrogen-bond acceptors (Lipinski definition) is 3. The van der Waals surface area contributed by atoms with Gasteiger partial charge in [-0.2, -0.15) is 0 Å². The summed E-state index contributed by atoms with van der Waals surface area (Å²) in [5.74, 6) is 0.186. The fraction of sp³-hybridized carbons (Fsp3) is 0.188. The Morgan fingerprint density at radius 1 is 1.20 bits per heavy atom. The summed E-state index contributed by atoms with van der Waals surface area (Å²) in [6.07, 6.45) is -0.274. The number of aryl methyl sites for hydroxylation is 1. The van der Waals surface area contributed by atoms with Gasteiger partial charge in [-0.3, -0.25) is 4.79 Å². The van der Waals surface area contributed by atoms with E-state index in [1.165, 1.54) is 0 Å². The molecule has 0 spiro atoms. The average Bonchev–Trinajstić information content (AvgIpc) is 2.42. The molecule has 20 heavy (non-hydrogen) atoms. The molecular weight excluding hydrogens is 252 g/mol. The summed E-state index contributed by atoms with van der Waals surface area (Å²) in [5, 5.41) is 13.0. The molecular formula is C16H16N2O2. The van der Waals surface area contributed by atoms with Crippen molar-refractivity contribution < 1.29 is 9.90 Å². The first-order chi connectivity index (χ1) is 9.58. The number of phenolic OH excluding ortho intramolecular Hbond substituents is 1. The van der Waals surface area contributed by atoms with Gasteiger partial charge in [0.05, 0.1) is 5.56 Å². The lowest BCUT2D eigenvalue weighted by Gasteiger charge is -2.36. The molecule has 4 heteroatoms. The molecule has 1 aliphatic heterocycles. The normalized spacial score (nSPS) is 17.6. The molecule has 0 bridgehead atoms. The van der Waals surface area contributed by atoms with Gasteiger partial charge in [0.2, 0.25) is 0 Å². The van der Waals surface area contributed by atoms with Crippen molar-refractivity contribution in [2.45, 2.75) is 13.1 Å². The van der Waals surface area contributed by atoms with Crippen LogP contribution in [0.15, 0.2) is 42.5 Å². The summed E-state index contributed by atoms with van der Waals surface area (Å²) in [4.78, 5) is 14.2. The highest BCUT2D eigenvalue weighted by molar-refractivity contribution is 6.02. The highest BCUT2D eigenvalue weighted by atomic mass is 16.3. The molecule has 0 aliphatic carbocycles. The predicted octanol–water partition coefficient (Wildman–Crippen LogP) is 2.90.